The molecule has 4 heteroatoms. The van der Waals surface area contributed by atoms with Crippen LogP contribution in [0.1, 0.15) is 6.92 Å². The van der Waals surface area contributed by atoms with Gasteiger partial charge in [0.05, 0.1) is 0 Å². The molecule has 0 radical (unpaired) electrons. The topological polar surface area (TPSA) is 40.3 Å². The molecule has 2 aliphatic heterocycles. The summed E-state index contributed by atoms with van der Waals surface area (Å²) in [6.45, 7) is 2.62. The monoisotopic (exact) mass is 136 g/mol. The molecule has 0 bridgehead atoms. The molecule has 0 saturated heterocycles. The van der Waals surface area contributed by atoms with Gasteiger partial charge in [0.25, 0.3) is 0 Å². The molecule has 2 heterocycles. The van der Waals surface area contributed by atoms with Crippen molar-refractivity contribution >= 4 is 5.84 Å². The Bertz CT molecular complexity index is 228. The lowest BCUT2D eigenvalue weighted by atomic mass is 10.3. The fourth-order valence-electron chi connectivity index (χ4n) is 1.07. The van der Waals surface area contributed by atoms with Gasteiger partial charge in [-0.05, 0) is 13.0 Å². The van der Waals surface area contributed by atoms with Gasteiger partial charge in [0.1, 0.15) is 12.5 Å². The molecule has 10 heavy (non-hydrogen) atoms. The van der Waals surface area contributed by atoms with Crippen molar-refractivity contribution in [2.45, 2.75) is 13.1 Å². The summed E-state index contributed by atoms with van der Waals surface area (Å²) in [6, 6.07) is 0. The molecule has 4 nitrogen and oxygen atoms in total. The van der Waals surface area contributed by atoms with Gasteiger partial charge < -0.3 is 4.90 Å². The van der Waals surface area contributed by atoms with Crippen LogP contribution in [-0.4, -0.2) is 23.6 Å². The van der Waals surface area contributed by atoms with E-state index in [1.54, 1.807) is 6.20 Å². The van der Waals surface area contributed by atoms with Crippen molar-refractivity contribution in [1.82, 2.24) is 4.90 Å². The van der Waals surface area contributed by atoms with E-state index in [4.69, 9.17) is 0 Å². The Balaban J connectivity index is 2.29. The third kappa shape index (κ3) is 0.650. The van der Waals surface area contributed by atoms with Crippen LogP contribution < -0.4 is 0 Å². The number of hydrogen-bond donors (Lipinski definition) is 0. The average molecular weight is 136 g/mol. The summed E-state index contributed by atoms with van der Waals surface area (Å²) in [5.74, 6) is 0.998. The highest BCUT2D eigenvalue weighted by atomic mass is 15.4. The average Bonchev–Trinajstić information content (AvgIpc) is 2.36. The first-order valence-corrected chi connectivity index (χ1v) is 3.22. The van der Waals surface area contributed by atoms with E-state index in [9.17, 15) is 0 Å². The van der Waals surface area contributed by atoms with E-state index in [-0.39, 0.29) is 6.17 Å². The molecule has 0 N–H and O–H groups in total. The van der Waals surface area contributed by atoms with Gasteiger partial charge in [-0.1, -0.05) is 0 Å². The lowest BCUT2D eigenvalue weighted by Crippen LogP contribution is -2.34. The maximum Gasteiger partial charge on any atom is 0.165 e. The number of rotatable bonds is 0. The third-order valence-corrected chi connectivity index (χ3v) is 1.67. The number of aliphatic imine (C=N–C) groups is 1. The zero-order valence-electron chi connectivity index (χ0n) is 5.73. The quantitative estimate of drug-likeness (QED) is 0.489. The summed E-state index contributed by atoms with van der Waals surface area (Å²) in [5, 5.41) is 7.89. The predicted octanol–water partition coefficient (Wildman–Crippen LogP) is 0.984. The molecule has 0 spiro atoms. The van der Waals surface area contributed by atoms with Gasteiger partial charge in [-0.25, -0.2) is 4.99 Å². The first kappa shape index (κ1) is 5.58. The summed E-state index contributed by atoms with van der Waals surface area (Å²) in [4.78, 5) is 6.16. The number of hydrogen-bond acceptors (Lipinski definition) is 4. The lowest BCUT2D eigenvalue weighted by Gasteiger charge is -2.22. The zero-order chi connectivity index (χ0) is 6.97. The molecular weight excluding hydrogens is 128 g/mol. The Kier molecular flexibility index (Phi) is 1.06. The van der Waals surface area contributed by atoms with Crippen LogP contribution in [0.15, 0.2) is 27.5 Å². The normalized spacial score (nSPS) is 28.7. The van der Waals surface area contributed by atoms with Crippen LogP contribution in [0.25, 0.3) is 0 Å². The maximum absolute atomic E-state index is 4.11. The first-order valence-electron chi connectivity index (χ1n) is 3.22. The highest BCUT2D eigenvalue weighted by molar-refractivity contribution is 5.81. The highest BCUT2D eigenvalue weighted by Gasteiger charge is 2.22. The van der Waals surface area contributed by atoms with Crippen LogP contribution in [0.2, 0.25) is 0 Å². The van der Waals surface area contributed by atoms with E-state index < -0.39 is 0 Å². The van der Waals surface area contributed by atoms with Crippen molar-refractivity contribution < 1.29 is 0 Å². The molecule has 52 valence electrons. The van der Waals surface area contributed by atoms with E-state index in [1.807, 2.05) is 17.9 Å². The summed E-state index contributed by atoms with van der Waals surface area (Å²) in [7, 11) is 0. The van der Waals surface area contributed by atoms with Crippen LogP contribution in [0.3, 0.4) is 0 Å². The minimum Gasteiger partial charge on any atom is -0.312 e. The molecular formula is C6H8N4. The van der Waals surface area contributed by atoms with Gasteiger partial charge in [0, 0.05) is 6.20 Å². The van der Waals surface area contributed by atoms with Crippen molar-refractivity contribution in [2.75, 3.05) is 6.67 Å². The third-order valence-electron chi connectivity index (χ3n) is 1.67. The number of fused-ring (bicyclic) bond motifs is 1. The van der Waals surface area contributed by atoms with Gasteiger partial charge in [-0.3, -0.25) is 0 Å². The number of amidine groups is 1. The van der Waals surface area contributed by atoms with Gasteiger partial charge in [-0.15, -0.1) is 0 Å². The predicted molar refractivity (Wildman–Crippen MR) is 37.6 cm³/mol. The Morgan fingerprint density at radius 3 is 3.40 bits per heavy atom. The molecule has 0 aromatic carbocycles. The molecule has 2 rings (SSSR count). The van der Waals surface area contributed by atoms with Gasteiger partial charge in [0.15, 0.2) is 6.17 Å². The van der Waals surface area contributed by atoms with E-state index in [0.717, 1.165) is 5.84 Å². The Morgan fingerprint density at radius 2 is 2.60 bits per heavy atom. The second-order valence-electron chi connectivity index (χ2n) is 2.30. The molecule has 0 aromatic rings. The zero-order valence-corrected chi connectivity index (χ0v) is 5.73. The summed E-state index contributed by atoms with van der Waals surface area (Å²) in [6.07, 6.45) is 3.84. The fraction of sp³-hybridized carbons (Fsp3) is 0.500. The van der Waals surface area contributed by atoms with E-state index in [0.29, 0.717) is 6.67 Å². The maximum atomic E-state index is 4.11. The number of azo groups is 1. The second-order valence-corrected chi connectivity index (χ2v) is 2.30. The molecule has 1 unspecified atom stereocenters. The van der Waals surface area contributed by atoms with Gasteiger partial charge in [0.2, 0.25) is 0 Å². The van der Waals surface area contributed by atoms with E-state index >= 15 is 0 Å². The molecule has 1 atom stereocenters. The Morgan fingerprint density at radius 1 is 1.70 bits per heavy atom. The molecule has 2 aliphatic rings. The summed E-state index contributed by atoms with van der Waals surface area (Å²) in [5.41, 5.74) is 0. The molecule has 0 fully saturated rings. The Labute approximate surface area is 59.0 Å². The highest BCUT2D eigenvalue weighted by Crippen LogP contribution is 2.15. The largest absolute Gasteiger partial charge is 0.312 e. The molecule has 0 aromatic heterocycles. The van der Waals surface area contributed by atoms with Crippen LogP contribution in [0.4, 0.5) is 0 Å². The SMILES string of the molecule is CC1=NC=CC2N=NCN12. The van der Waals surface area contributed by atoms with Gasteiger partial charge >= 0.3 is 0 Å². The fourth-order valence-corrected chi connectivity index (χ4v) is 1.07. The minimum atomic E-state index is 0.123. The van der Waals surface area contributed by atoms with E-state index in [1.165, 1.54) is 0 Å². The summed E-state index contributed by atoms with van der Waals surface area (Å²) < 4.78 is 0. The molecule has 0 saturated carbocycles. The number of nitrogens with zero attached hydrogens (tertiary/aromatic N) is 4. The van der Waals surface area contributed by atoms with Crippen LogP contribution in [0, 0.1) is 0 Å². The Hall–Kier alpha value is -1.19. The molecule has 0 aliphatic carbocycles. The van der Waals surface area contributed by atoms with Crippen LogP contribution in [0.5, 0.6) is 0 Å². The van der Waals surface area contributed by atoms with Crippen molar-refractivity contribution in [3.8, 4) is 0 Å². The second kappa shape index (κ2) is 1.90. The van der Waals surface area contributed by atoms with Crippen molar-refractivity contribution in [3.63, 3.8) is 0 Å². The van der Waals surface area contributed by atoms with Crippen LogP contribution in [-0.2, 0) is 0 Å². The van der Waals surface area contributed by atoms with Gasteiger partial charge in [-0.2, -0.15) is 10.2 Å². The summed E-state index contributed by atoms with van der Waals surface area (Å²) >= 11 is 0. The first-order chi connectivity index (χ1) is 4.88. The lowest BCUT2D eigenvalue weighted by molar-refractivity contribution is 0.424. The van der Waals surface area contributed by atoms with Crippen LogP contribution >= 0.6 is 0 Å². The molecule has 0 amide bonds. The minimum absolute atomic E-state index is 0.123. The van der Waals surface area contributed by atoms with Crippen molar-refractivity contribution in [2.24, 2.45) is 15.2 Å². The van der Waals surface area contributed by atoms with Crippen molar-refractivity contribution in [1.29, 1.82) is 0 Å². The smallest absolute Gasteiger partial charge is 0.165 e. The standard InChI is InChI=1S/C6H8N4/c1-5-7-3-2-6-9-8-4-10(5)6/h2-3,6H,4H2,1H3. The van der Waals surface area contributed by atoms with Crippen molar-refractivity contribution in [3.05, 3.63) is 12.3 Å². The van der Waals surface area contributed by atoms with E-state index in [2.05, 4.69) is 15.2 Å².